The number of alkyl halides is 3. The van der Waals surface area contributed by atoms with Crippen LogP contribution in [0, 0.1) is 17.8 Å². The van der Waals surface area contributed by atoms with Gasteiger partial charge in [-0.15, -0.1) is 0 Å². The third kappa shape index (κ3) is 6.34. The second-order valence-electron chi connectivity index (χ2n) is 9.67. The summed E-state index contributed by atoms with van der Waals surface area (Å²) >= 11 is 6.08. The number of carbonyl (C=O) groups excluding carboxylic acids is 2. The van der Waals surface area contributed by atoms with Crippen LogP contribution in [-0.2, 0) is 15.8 Å². The molecule has 1 aromatic rings. The first-order valence-electron chi connectivity index (χ1n) is 11.7. The number of piperidine rings is 2. The van der Waals surface area contributed by atoms with Crippen LogP contribution in [0.4, 0.5) is 18.9 Å². The topological polar surface area (TPSA) is 52.7 Å². The molecule has 184 valence electrons. The molecule has 2 saturated heterocycles. The molecule has 2 aliphatic heterocycles. The van der Waals surface area contributed by atoms with Gasteiger partial charge in [-0.25, -0.2) is 0 Å². The summed E-state index contributed by atoms with van der Waals surface area (Å²) in [5, 5.41) is 2.97. The van der Waals surface area contributed by atoms with E-state index in [-0.39, 0.29) is 28.7 Å². The molecule has 2 amide bonds. The number of amides is 2. The van der Waals surface area contributed by atoms with Crippen LogP contribution in [0.2, 0.25) is 5.02 Å². The summed E-state index contributed by atoms with van der Waals surface area (Å²) in [7, 11) is 0. The van der Waals surface area contributed by atoms with Gasteiger partial charge in [0.15, 0.2) is 0 Å². The van der Waals surface area contributed by atoms with Crippen LogP contribution in [-0.4, -0.2) is 53.8 Å². The number of hydrogen-bond donors (Lipinski definition) is 1. The minimum atomic E-state index is -4.48. The SMILES string of the molecule is CC1CCN(C(=O)C2CCN(C(=O)[C@@H](Nc3ccc(C(F)(F)F)cc3Cl)C(C)C)CC2)CC1. The first-order chi connectivity index (χ1) is 15.5. The molecular formula is C24H33ClF3N3O2. The maximum atomic E-state index is 13.2. The summed E-state index contributed by atoms with van der Waals surface area (Å²) in [6.07, 6.45) is -1.15. The molecule has 2 aliphatic rings. The molecule has 0 bridgehead atoms. The largest absolute Gasteiger partial charge is 0.416 e. The fraction of sp³-hybridized carbons (Fsp3) is 0.667. The molecule has 9 heteroatoms. The molecule has 0 unspecified atom stereocenters. The summed E-state index contributed by atoms with van der Waals surface area (Å²) in [4.78, 5) is 29.8. The normalized spacial score (nSPS) is 19.6. The number of nitrogens with one attached hydrogen (secondary N) is 1. The Morgan fingerprint density at radius 3 is 2.12 bits per heavy atom. The zero-order valence-corrected chi connectivity index (χ0v) is 20.2. The number of nitrogens with zero attached hydrogens (tertiary/aromatic N) is 2. The minimum Gasteiger partial charge on any atom is -0.372 e. The highest BCUT2D eigenvalue weighted by Crippen LogP contribution is 2.34. The van der Waals surface area contributed by atoms with Crippen LogP contribution in [0.3, 0.4) is 0 Å². The number of carbonyl (C=O) groups is 2. The monoisotopic (exact) mass is 487 g/mol. The van der Waals surface area contributed by atoms with Gasteiger partial charge < -0.3 is 15.1 Å². The zero-order valence-electron chi connectivity index (χ0n) is 19.4. The van der Waals surface area contributed by atoms with E-state index in [0.717, 1.165) is 38.1 Å². The van der Waals surface area contributed by atoms with E-state index < -0.39 is 17.8 Å². The van der Waals surface area contributed by atoms with Gasteiger partial charge in [0.2, 0.25) is 11.8 Å². The van der Waals surface area contributed by atoms with Crippen molar-refractivity contribution in [3.63, 3.8) is 0 Å². The van der Waals surface area contributed by atoms with E-state index in [1.54, 1.807) is 4.90 Å². The van der Waals surface area contributed by atoms with Crippen molar-refractivity contribution in [2.45, 2.75) is 58.7 Å². The Balaban J connectivity index is 1.60. The molecule has 1 N–H and O–H groups in total. The highest BCUT2D eigenvalue weighted by Gasteiger charge is 2.35. The second-order valence-corrected chi connectivity index (χ2v) is 10.1. The van der Waals surface area contributed by atoms with Crippen LogP contribution in [0.1, 0.15) is 52.0 Å². The smallest absolute Gasteiger partial charge is 0.372 e. The predicted octanol–water partition coefficient (Wildman–Crippen LogP) is 5.29. The van der Waals surface area contributed by atoms with Gasteiger partial charge in [0.1, 0.15) is 6.04 Å². The van der Waals surface area contributed by atoms with E-state index in [9.17, 15) is 22.8 Å². The third-order valence-corrected chi connectivity index (χ3v) is 7.10. The van der Waals surface area contributed by atoms with Crippen molar-refractivity contribution in [3.8, 4) is 0 Å². The fourth-order valence-corrected chi connectivity index (χ4v) is 4.76. The van der Waals surface area contributed by atoms with Gasteiger partial charge in [0.25, 0.3) is 0 Å². The highest BCUT2D eigenvalue weighted by molar-refractivity contribution is 6.33. The van der Waals surface area contributed by atoms with E-state index in [0.29, 0.717) is 37.5 Å². The summed E-state index contributed by atoms with van der Waals surface area (Å²) in [6.45, 7) is 8.57. The highest BCUT2D eigenvalue weighted by atomic mass is 35.5. The molecule has 0 radical (unpaired) electrons. The number of halogens is 4. The van der Waals surface area contributed by atoms with E-state index in [4.69, 9.17) is 11.6 Å². The Labute approximate surface area is 198 Å². The van der Waals surface area contributed by atoms with Gasteiger partial charge in [-0.05, 0) is 55.7 Å². The molecule has 5 nitrogen and oxygen atoms in total. The van der Waals surface area contributed by atoms with Crippen molar-refractivity contribution >= 4 is 29.1 Å². The molecule has 0 aliphatic carbocycles. The van der Waals surface area contributed by atoms with Gasteiger partial charge in [-0.1, -0.05) is 32.4 Å². The summed E-state index contributed by atoms with van der Waals surface area (Å²) in [5.74, 6) is 0.567. The van der Waals surface area contributed by atoms with Crippen molar-refractivity contribution in [1.29, 1.82) is 0 Å². The van der Waals surface area contributed by atoms with Gasteiger partial charge >= 0.3 is 6.18 Å². The Hall–Kier alpha value is -1.96. The van der Waals surface area contributed by atoms with E-state index >= 15 is 0 Å². The van der Waals surface area contributed by atoms with Crippen molar-refractivity contribution in [2.24, 2.45) is 17.8 Å². The maximum absolute atomic E-state index is 13.2. The molecule has 3 rings (SSSR count). The van der Waals surface area contributed by atoms with Crippen molar-refractivity contribution in [2.75, 3.05) is 31.5 Å². The number of likely N-dealkylation sites (tertiary alicyclic amines) is 2. The Kier molecular flexibility index (Phi) is 8.19. The molecule has 0 aromatic heterocycles. The average Bonchev–Trinajstić information content (AvgIpc) is 2.77. The van der Waals surface area contributed by atoms with Gasteiger partial charge in [0.05, 0.1) is 16.3 Å². The Morgan fingerprint density at radius 2 is 1.61 bits per heavy atom. The van der Waals surface area contributed by atoms with Crippen molar-refractivity contribution in [3.05, 3.63) is 28.8 Å². The number of benzene rings is 1. The molecule has 2 heterocycles. The van der Waals surface area contributed by atoms with E-state index in [2.05, 4.69) is 12.2 Å². The molecule has 1 aromatic carbocycles. The average molecular weight is 488 g/mol. The number of rotatable bonds is 5. The van der Waals surface area contributed by atoms with Crippen LogP contribution in [0.15, 0.2) is 18.2 Å². The minimum absolute atomic E-state index is 0.0581. The van der Waals surface area contributed by atoms with Gasteiger partial charge in [-0.2, -0.15) is 13.2 Å². The summed E-state index contributed by atoms with van der Waals surface area (Å²) in [5.41, 5.74) is -0.540. The predicted molar refractivity (Wildman–Crippen MR) is 123 cm³/mol. The van der Waals surface area contributed by atoms with Crippen LogP contribution >= 0.6 is 11.6 Å². The van der Waals surface area contributed by atoms with Crippen molar-refractivity contribution in [1.82, 2.24) is 9.80 Å². The molecule has 0 spiro atoms. The van der Waals surface area contributed by atoms with E-state index in [1.165, 1.54) is 6.07 Å². The fourth-order valence-electron chi connectivity index (χ4n) is 4.52. The lowest BCUT2D eigenvalue weighted by atomic mass is 9.92. The van der Waals surface area contributed by atoms with Crippen LogP contribution < -0.4 is 5.32 Å². The molecule has 2 fully saturated rings. The maximum Gasteiger partial charge on any atom is 0.416 e. The summed E-state index contributed by atoms with van der Waals surface area (Å²) < 4.78 is 38.8. The lowest BCUT2D eigenvalue weighted by molar-refractivity contribution is -0.142. The van der Waals surface area contributed by atoms with Crippen LogP contribution in [0.25, 0.3) is 0 Å². The standard InChI is InChI=1S/C24H33ClF3N3O2/c1-15(2)21(29-20-5-4-18(14-19(20)25)24(26,27)28)23(33)31-12-8-17(9-13-31)22(32)30-10-6-16(3)7-11-30/h4-5,14-17,21,29H,6-13H2,1-3H3/t21-/m0/s1. The van der Waals surface area contributed by atoms with Gasteiger partial charge in [-0.3, -0.25) is 9.59 Å². The summed E-state index contributed by atoms with van der Waals surface area (Å²) in [6, 6.07) is 2.45. The third-order valence-electron chi connectivity index (χ3n) is 6.79. The Morgan fingerprint density at radius 1 is 1.03 bits per heavy atom. The zero-order chi connectivity index (χ0) is 24.3. The quantitative estimate of drug-likeness (QED) is 0.613. The first-order valence-corrected chi connectivity index (χ1v) is 12.1. The van der Waals surface area contributed by atoms with Crippen molar-refractivity contribution < 1.29 is 22.8 Å². The molecular weight excluding hydrogens is 455 g/mol. The Bertz CT molecular complexity index is 846. The first kappa shape index (κ1) is 25.7. The number of anilines is 1. The molecule has 33 heavy (non-hydrogen) atoms. The van der Waals surface area contributed by atoms with Crippen LogP contribution in [0.5, 0.6) is 0 Å². The van der Waals surface area contributed by atoms with E-state index in [1.807, 2.05) is 18.7 Å². The molecule has 1 atom stereocenters. The van der Waals surface area contributed by atoms with Gasteiger partial charge in [0, 0.05) is 32.1 Å². The second kappa shape index (κ2) is 10.5. The lowest BCUT2D eigenvalue weighted by Gasteiger charge is -2.38. The lowest BCUT2D eigenvalue weighted by Crippen LogP contribution is -2.51. The number of hydrogen-bond acceptors (Lipinski definition) is 3. The molecule has 0 saturated carbocycles.